The summed E-state index contributed by atoms with van der Waals surface area (Å²) >= 11 is 0. The first-order valence-electron chi connectivity index (χ1n) is 7.38. The summed E-state index contributed by atoms with van der Waals surface area (Å²) in [6, 6.07) is 5.66. The molecule has 23 heavy (non-hydrogen) atoms. The molecule has 2 rings (SSSR count). The topological polar surface area (TPSA) is 44.4 Å². The molecule has 1 aromatic rings. The van der Waals surface area contributed by atoms with Crippen molar-refractivity contribution in [3.63, 3.8) is 0 Å². The number of likely N-dealkylation sites (tertiary alicyclic amines) is 1. The monoisotopic (exact) mass is 333 g/mol. The van der Waals surface area contributed by atoms with E-state index < -0.39 is 24.6 Å². The zero-order valence-corrected chi connectivity index (χ0v) is 12.5. The van der Waals surface area contributed by atoms with Crippen molar-refractivity contribution in [3.05, 3.63) is 35.6 Å². The van der Waals surface area contributed by atoms with E-state index in [-0.39, 0.29) is 12.5 Å². The van der Waals surface area contributed by atoms with Crippen molar-refractivity contribution in [2.45, 2.75) is 19.1 Å². The van der Waals surface area contributed by atoms with Crippen LogP contribution >= 0.6 is 0 Å². The number of carbonyl (C=O) groups is 1. The molecule has 0 aliphatic carbocycles. The molecule has 0 bridgehead atoms. The second-order valence-corrected chi connectivity index (χ2v) is 5.66. The fourth-order valence-corrected chi connectivity index (χ4v) is 2.59. The van der Waals surface area contributed by atoms with E-state index in [0.29, 0.717) is 31.6 Å². The number of amides is 2. The van der Waals surface area contributed by atoms with Crippen molar-refractivity contribution < 1.29 is 22.4 Å². The molecule has 8 heteroatoms. The van der Waals surface area contributed by atoms with Gasteiger partial charge in [-0.3, -0.25) is 4.90 Å². The molecule has 1 heterocycles. The van der Waals surface area contributed by atoms with Crippen molar-refractivity contribution in [3.8, 4) is 0 Å². The quantitative estimate of drug-likeness (QED) is 0.813. The summed E-state index contributed by atoms with van der Waals surface area (Å²) < 4.78 is 50.3. The Kier molecular flexibility index (Phi) is 5.81. The van der Waals surface area contributed by atoms with Gasteiger partial charge in [0.2, 0.25) is 0 Å². The van der Waals surface area contributed by atoms with Gasteiger partial charge in [0.1, 0.15) is 5.82 Å². The van der Waals surface area contributed by atoms with Gasteiger partial charge in [-0.1, -0.05) is 18.2 Å². The van der Waals surface area contributed by atoms with Gasteiger partial charge in [-0.05, 0) is 24.9 Å². The van der Waals surface area contributed by atoms with Crippen LogP contribution in [0.15, 0.2) is 24.3 Å². The summed E-state index contributed by atoms with van der Waals surface area (Å²) in [6.45, 7) is 0.139. The number of rotatable bonds is 5. The molecule has 0 spiro atoms. The van der Waals surface area contributed by atoms with Crippen LogP contribution in [0.4, 0.5) is 22.4 Å². The second kappa shape index (κ2) is 7.63. The summed E-state index contributed by atoms with van der Waals surface area (Å²) in [7, 11) is 0. The maximum atomic E-state index is 13.4. The van der Waals surface area contributed by atoms with Crippen LogP contribution in [0.25, 0.3) is 0 Å². The van der Waals surface area contributed by atoms with Crippen molar-refractivity contribution in [2.75, 3.05) is 26.2 Å². The van der Waals surface area contributed by atoms with Gasteiger partial charge in [0.25, 0.3) is 0 Å². The summed E-state index contributed by atoms with van der Waals surface area (Å²) in [5.74, 6) is -0.400. The molecule has 0 unspecified atom stereocenters. The lowest BCUT2D eigenvalue weighted by Crippen LogP contribution is -2.39. The van der Waals surface area contributed by atoms with E-state index in [0.717, 1.165) is 0 Å². The molecule has 1 aliphatic rings. The van der Waals surface area contributed by atoms with Crippen LogP contribution in [-0.2, 0) is 6.54 Å². The molecule has 2 amide bonds. The average Bonchev–Trinajstić information content (AvgIpc) is 2.89. The predicted octanol–water partition coefficient (Wildman–Crippen LogP) is 2.51. The minimum atomic E-state index is -4.19. The highest BCUT2D eigenvalue weighted by molar-refractivity contribution is 5.73. The Morgan fingerprint density at radius 1 is 1.26 bits per heavy atom. The maximum absolute atomic E-state index is 13.4. The number of nitrogens with one attached hydrogen (secondary N) is 2. The van der Waals surface area contributed by atoms with E-state index in [1.807, 2.05) is 0 Å². The molecule has 0 aromatic heterocycles. The highest BCUT2D eigenvalue weighted by atomic mass is 19.4. The second-order valence-electron chi connectivity index (χ2n) is 5.66. The summed E-state index contributed by atoms with van der Waals surface area (Å²) in [4.78, 5) is 13.0. The zero-order chi connectivity index (χ0) is 16.9. The van der Waals surface area contributed by atoms with Crippen molar-refractivity contribution in [1.29, 1.82) is 0 Å². The summed E-state index contributed by atoms with van der Waals surface area (Å²) in [5.41, 5.74) is 0.375. The normalized spacial score (nSPS) is 18.9. The molecule has 0 radical (unpaired) electrons. The molecular formula is C15H19F4N3O. The van der Waals surface area contributed by atoms with Crippen LogP contribution in [0.2, 0.25) is 0 Å². The fourth-order valence-electron chi connectivity index (χ4n) is 2.59. The highest BCUT2D eigenvalue weighted by Crippen LogP contribution is 2.22. The highest BCUT2D eigenvalue weighted by Gasteiger charge is 2.34. The number of carbonyl (C=O) groups excluding carboxylic acids is 1. The van der Waals surface area contributed by atoms with Gasteiger partial charge in [-0.2, -0.15) is 13.2 Å². The minimum Gasteiger partial charge on any atom is -0.338 e. The molecule has 1 saturated heterocycles. The number of hydrogen-bond donors (Lipinski definition) is 2. The van der Waals surface area contributed by atoms with Crippen LogP contribution in [0.5, 0.6) is 0 Å². The van der Waals surface area contributed by atoms with Crippen LogP contribution in [0.1, 0.15) is 12.0 Å². The van der Waals surface area contributed by atoms with Crippen LogP contribution in [0, 0.1) is 11.7 Å². The molecule has 1 fully saturated rings. The van der Waals surface area contributed by atoms with Crippen molar-refractivity contribution in [1.82, 2.24) is 15.5 Å². The fraction of sp³-hybridized carbons (Fsp3) is 0.533. The Labute approximate surface area is 131 Å². The van der Waals surface area contributed by atoms with E-state index in [1.54, 1.807) is 18.2 Å². The maximum Gasteiger partial charge on any atom is 0.401 e. The van der Waals surface area contributed by atoms with Crippen LogP contribution in [0.3, 0.4) is 0 Å². The lowest BCUT2D eigenvalue weighted by atomic mass is 10.1. The van der Waals surface area contributed by atoms with Gasteiger partial charge in [0, 0.05) is 25.2 Å². The zero-order valence-electron chi connectivity index (χ0n) is 12.5. The third-order valence-corrected chi connectivity index (χ3v) is 3.72. The number of alkyl halides is 3. The van der Waals surface area contributed by atoms with Crippen molar-refractivity contribution >= 4 is 6.03 Å². The minimum absolute atomic E-state index is 0.00318. The van der Waals surface area contributed by atoms with Gasteiger partial charge < -0.3 is 10.6 Å². The van der Waals surface area contributed by atoms with Crippen LogP contribution < -0.4 is 10.6 Å². The Bertz CT molecular complexity index is 536. The van der Waals surface area contributed by atoms with E-state index in [4.69, 9.17) is 0 Å². The Hall–Kier alpha value is -1.83. The van der Waals surface area contributed by atoms with Gasteiger partial charge in [0.05, 0.1) is 6.54 Å². The van der Waals surface area contributed by atoms with E-state index in [1.165, 1.54) is 11.0 Å². The van der Waals surface area contributed by atoms with Gasteiger partial charge in [-0.15, -0.1) is 0 Å². The molecule has 1 aromatic carbocycles. The average molecular weight is 333 g/mol. The molecule has 128 valence electrons. The van der Waals surface area contributed by atoms with Gasteiger partial charge >= 0.3 is 12.2 Å². The number of halogens is 4. The summed E-state index contributed by atoms with van der Waals surface area (Å²) in [5, 5.41) is 5.15. The smallest absolute Gasteiger partial charge is 0.338 e. The molecule has 4 nitrogen and oxygen atoms in total. The van der Waals surface area contributed by atoms with E-state index in [9.17, 15) is 22.4 Å². The molecule has 2 N–H and O–H groups in total. The lowest BCUT2D eigenvalue weighted by molar-refractivity contribution is -0.143. The Morgan fingerprint density at radius 2 is 2.00 bits per heavy atom. The molecular weight excluding hydrogens is 314 g/mol. The summed E-state index contributed by atoms with van der Waals surface area (Å²) in [6.07, 6.45) is -3.58. The van der Waals surface area contributed by atoms with Crippen molar-refractivity contribution in [2.24, 2.45) is 5.92 Å². The van der Waals surface area contributed by atoms with Crippen LogP contribution in [-0.4, -0.2) is 43.3 Å². The first kappa shape index (κ1) is 17.5. The number of nitrogens with zero attached hydrogens (tertiary/aromatic N) is 1. The number of urea groups is 1. The molecule has 1 aliphatic heterocycles. The third kappa shape index (κ3) is 6.05. The first-order chi connectivity index (χ1) is 10.8. The Morgan fingerprint density at radius 3 is 2.70 bits per heavy atom. The van der Waals surface area contributed by atoms with Gasteiger partial charge in [-0.25, -0.2) is 9.18 Å². The van der Waals surface area contributed by atoms with E-state index >= 15 is 0 Å². The largest absolute Gasteiger partial charge is 0.401 e. The third-order valence-electron chi connectivity index (χ3n) is 3.72. The first-order valence-corrected chi connectivity index (χ1v) is 7.38. The van der Waals surface area contributed by atoms with E-state index in [2.05, 4.69) is 10.6 Å². The lowest BCUT2D eigenvalue weighted by Gasteiger charge is -2.18. The number of hydrogen-bond acceptors (Lipinski definition) is 2. The standard InChI is InChI=1S/C15H19F4N3O/c16-13-4-2-1-3-12(13)8-21-14(23)20-7-11-5-6-22(9-11)10-15(17,18)19/h1-4,11H,5-10H2,(H2,20,21,23)/t11-/m1/s1. The molecule has 1 atom stereocenters. The SMILES string of the molecule is O=C(NCc1ccccc1F)NC[C@H]1CCN(CC(F)(F)F)C1. The predicted molar refractivity (Wildman–Crippen MR) is 77.2 cm³/mol. The Balaban J connectivity index is 1.66. The number of benzene rings is 1. The van der Waals surface area contributed by atoms with Gasteiger partial charge in [0.15, 0.2) is 0 Å². The molecule has 0 saturated carbocycles.